The van der Waals surface area contributed by atoms with Crippen LogP contribution in [0.4, 0.5) is 0 Å². The minimum atomic E-state index is 0.946. The Hall–Kier alpha value is -1.64. The van der Waals surface area contributed by atoms with E-state index in [1.54, 1.807) is 12.5 Å². The van der Waals surface area contributed by atoms with Crippen LogP contribution >= 0.6 is 0 Å². The van der Waals surface area contributed by atoms with E-state index in [4.69, 9.17) is 0 Å². The van der Waals surface area contributed by atoms with Crippen molar-refractivity contribution in [1.29, 1.82) is 0 Å². The lowest BCUT2D eigenvalue weighted by molar-refractivity contribution is 1.14. The Morgan fingerprint density at radius 2 is 2.09 bits per heavy atom. The predicted octanol–water partition coefficient (Wildman–Crippen LogP) is 1.02. The summed E-state index contributed by atoms with van der Waals surface area (Å²) in [4.78, 5) is 8.01. The van der Waals surface area contributed by atoms with Gasteiger partial charge < -0.3 is 5.32 Å². The second-order valence-corrected chi connectivity index (χ2v) is 2.20. The van der Waals surface area contributed by atoms with E-state index in [9.17, 15) is 0 Å². The molecule has 3 heteroatoms. The summed E-state index contributed by atoms with van der Waals surface area (Å²) in [6.07, 6.45) is 10.9. The lowest BCUT2D eigenvalue weighted by Crippen LogP contribution is -1.87. The average molecular weight is 145 g/mol. The van der Waals surface area contributed by atoms with E-state index in [1.165, 1.54) is 0 Å². The van der Waals surface area contributed by atoms with Crippen molar-refractivity contribution < 1.29 is 0 Å². The molecule has 0 bridgehead atoms. The van der Waals surface area contributed by atoms with Gasteiger partial charge in [-0.15, -0.1) is 0 Å². The zero-order valence-electron chi connectivity index (χ0n) is 5.86. The van der Waals surface area contributed by atoms with E-state index in [0.29, 0.717) is 0 Å². The summed E-state index contributed by atoms with van der Waals surface area (Å²) >= 11 is 0. The molecule has 0 unspecified atom stereocenters. The Morgan fingerprint density at radius 1 is 1.18 bits per heavy atom. The van der Waals surface area contributed by atoms with Gasteiger partial charge in [0.1, 0.15) is 6.33 Å². The molecule has 0 fully saturated rings. The Bertz CT molecular complexity index is 284. The zero-order chi connectivity index (χ0) is 7.52. The van der Waals surface area contributed by atoms with Crippen molar-refractivity contribution in [2.24, 2.45) is 0 Å². The van der Waals surface area contributed by atoms with Gasteiger partial charge in [0.2, 0.25) is 0 Å². The van der Waals surface area contributed by atoms with Crippen molar-refractivity contribution in [2.45, 2.75) is 0 Å². The van der Waals surface area contributed by atoms with Gasteiger partial charge in [-0.05, 0) is 12.2 Å². The van der Waals surface area contributed by atoms with Crippen molar-refractivity contribution >= 4 is 12.2 Å². The van der Waals surface area contributed by atoms with E-state index in [0.717, 1.165) is 11.3 Å². The number of nitrogens with zero attached hydrogens (tertiary/aromatic N) is 2. The highest BCUT2D eigenvalue weighted by atomic mass is 14.8. The summed E-state index contributed by atoms with van der Waals surface area (Å²) in [6, 6.07) is 0. The lowest BCUT2D eigenvalue weighted by Gasteiger charge is -1.93. The van der Waals surface area contributed by atoms with Gasteiger partial charge in [-0.25, -0.2) is 9.97 Å². The van der Waals surface area contributed by atoms with Crippen LogP contribution in [0.2, 0.25) is 0 Å². The number of aromatic nitrogens is 2. The number of fused-ring (bicyclic) bond motifs is 1. The largest absolute Gasteiger partial charge is 0.368 e. The Morgan fingerprint density at radius 3 is 3.09 bits per heavy atom. The van der Waals surface area contributed by atoms with Crippen LogP contribution in [0, 0.1) is 0 Å². The van der Waals surface area contributed by atoms with Gasteiger partial charge in [-0.2, -0.15) is 0 Å². The number of hydrogen-bond donors (Lipinski definition) is 1. The van der Waals surface area contributed by atoms with Crippen LogP contribution < -0.4 is 5.32 Å². The molecule has 1 N–H and O–H groups in total. The van der Waals surface area contributed by atoms with Crippen LogP contribution in [0.25, 0.3) is 12.2 Å². The molecule has 3 nitrogen and oxygen atoms in total. The predicted molar refractivity (Wildman–Crippen MR) is 43.2 cm³/mol. The average Bonchev–Trinajstić information content (AvgIpc) is 2.28. The first-order chi connectivity index (χ1) is 5.47. The standard InChI is InChI=1S/C8H7N3/c1-3-9-4-2-8-7(1)5-10-6-11-8/h1-6,9H. The molecule has 1 aliphatic rings. The third-order valence-corrected chi connectivity index (χ3v) is 1.47. The first kappa shape index (κ1) is 6.09. The Balaban J connectivity index is 2.58. The van der Waals surface area contributed by atoms with Gasteiger partial charge in [0, 0.05) is 24.2 Å². The summed E-state index contributed by atoms with van der Waals surface area (Å²) in [7, 11) is 0. The van der Waals surface area contributed by atoms with Crippen LogP contribution in [-0.2, 0) is 0 Å². The minimum absolute atomic E-state index is 0.946. The van der Waals surface area contributed by atoms with Crippen molar-refractivity contribution in [3.63, 3.8) is 0 Å². The van der Waals surface area contributed by atoms with Crippen molar-refractivity contribution in [1.82, 2.24) is 15.3 Å². The fourth-order valence-electron chi connectivity index (χ4n) is 0.938. The molecule has 54 valence electrons. The molecule has 2 rings (SSSR count). The maximum Gasteiger partial charge on any atom is 0.116 e. The lowest BCUT2D eigenvalue weighted by atomic mass is 10.2. The SMILES string of the molecule is C1=Cc2cncnc2C=CN1. The molecule has 0 aromatic carbocycles. The number of rotatable bonds is 0. The second kappa shape index (κ2) is 2.54. The maximum atomic E-state index is 4.09. The smallest absolute Gasteiger partial charge is 0.116 e. The summed E-state index contributed by atoms with van der Waals surface area (Å²) in [5.41, 5.74) is 1.98. The first-order valence-corrected chi connectivity index (χ1v) is 3.36. The topological polar surface area (TPSA) is 37.8 Å². The molecule has 0 saturated heterocycles. The van der Waals surface area contributed by atoms with Crippen molar-refractivity contribution in [3.05, 3.63) is 36.2 Å². The summed E-state index contributed by atoms with van der Waals surface area (Å²) < 4.78 is 0. The molecule has 1 aliphatic heterocycles. The quantitative estimate of drug-likeness (QED) is 0.592. The van der Waals surface area contributed by atoms with Gasteiger partial charge in [-0.1, -0.05) is 0 Å². The second-order valence-electron chi connectivity index (χ2n) is 2.20. The van der Waals surface area contributed by atoms with Crippen LogP contribution in [0.3, 0.4) is 0 Å². The highest BCUT2D eigenvalue weighted by Gasteiger charge is 1.97. The summed E-state index contributed by atoms with van der Waals surface area (Å²) in [6.45, 7) is 0. The van der Waals surface area contributed by atoms with Crippen LogP contribution in [0.15, 0.2) is 24.9 Å². The van der Waals surface area contributed by atoms with Crippen LogP contribution in [0.5, 0.6) is 0 Å². The molecule has 1 aromatic heterocycles. The first-order valence-electron chi connectivity index (χ1n) is 3.36. The molecule has 0 aliphatic carbocycles. The van der Waals surface area contributed by atoms with Gasteiger partial charge >= 0.3 is 0 Å². The molecular weight excluding hydrogens is 138 g/mol. The molecular formula is C8H7N3. The van der Waals surface area contributed by atoms with E-state index < -0.39 is 0 Å². The monoisotopic (exact) mass is 145 g/mol. The van der Waals surface area contributed by atoms with Crippen LogP contribution in [0.1, 0.15) is 11.3 Å². The highest BCUT2D eigenvalue weighted by Crippen LogP contribution is 2.08. The van der Waals surface area contributed by atoms with Crippen molar-refractivity contribution in [2.75, 3.05) is 0 Å². The molecule has 0 spiro atoms. The number of hydrogen-bond acceptors (Lipinski definition) is 3. The van der Waals surface area contributed by atoms with Gasteiger partial charge in [0.15, 0.2) is 0 Å². The van der Waals surface area contributed by atoms with Gasteiger partial charge in [0.25, 0.3) is 0 Å². The Kier molecular flexibility index (Phi) is 1.41. The maximum absolute atomic E-state index is 4.09. The summed E-state index contributed by atoms with van der Waals surface area (Å²) in [5, 5.41) is 2.97. The van der Waals surface area contributed by atoms with E-state index >= 15 is 0 Å². The van der Waals surface area contributed by atoms with E-state index in [-0.39, 0.29) is 0 Å². The van der Waals surface area contributed by atoms with Gasteiger partial charge in [-0.3, -0.25) is 0 Å². The van der Waals surface area contributed by atoms with Crippen LogP contribution in [-0.4, -0.2) is 9.97 Å². The molecule has 2 heterocycles. The fourth-order valence-corrected chi connectivity index (χ4v) is 0.938. The fraction of sp³-hybridized carbons (Fsp3) is 0. The molecule has 0 saturated carbocycles. The van der Waals surface area contributed by atoms with E-state index in [1.807, 2.05) is 24.6 Å². The molecule has 11 heavy (non-hydrogen) atoms. The molecule has 0 atom stereocenters. The summed E-state index contributed by atoms with van der Waals surface area (Å²) in [5.74, 6) is 0. The Labute approximate surface area is 64.5 Å². The highest BCUT2D eigenvalue weighted by molar-refractivity contribution is 5.62. The molecule has 0 radical (unpaired) electrons. The minimum Gasteiger partial charge on any atom is -0.368 e. The normalized spacial score (nSPS) is 13.5. The third-order valence-electron chi connectivity index (χ3n) is 1.47. The van der Waals surface area contributed by atoms with Crippen molar-refractivity contribution in [3.8, 4) is 0 Å². The number of nitrogens with one attached hydrogen (secondary N) is 1. The van der Waals surface area contributed by atoms with Gasteiger partial charge in [0.05, 0.1) is 5.69 Å². The molecule has 1 aromatic rings. The zero-order valence-corrected chi connectivity index (χ0v) is 5.86. The van der Waals surface area contributed by atoms with E-state index in [2.05, 4.69) is 15.3 Å². The third kappa shape index (κ3) is 1.12. The molecule has 0 amide bonds.